The Balaban J connectivity index is 1.59. The second-order valence-corrected chi connectivity index (χ2v) is 9.26. The molecule has 0 fully saturated rings. The van der Waals surface area contributed by atoms with Crippen LogP contribution in [0.5, 0.6) is 0 Å². The summed E-state index contributed by atoms with van der Waals surface area (Å²) in [5, 5.41) is -4.95. The van der Waals surface area contributed by atoms with Gasteiger partial charge in [0.25, 0.3) is 0 Å². The second kappa shape index (κ2) is 9.44. The number of hydrogen-bond acceptors (Lipinski definition) is 1. The molecule has 1 nitrogen and oxygen atoms in total. The predicted molar refractivity (Wildman–Crippen MR) is 183 cm³/mol. The summed E-state index contributed by atoms with van der Waals surface area (Å²) in [5.41, 5.74) is -5.52. The number of para-hydroxylation sites is 1. The molecule has 9 aromatic rings. The molecule has 0 aliphatic rings. The van der Waals surface area contributed by atoms with Crippen LogP contribution in [0.15, 0.2) is 162 Å². The lowest BCUT2D eigenvalue weighted by molar-refractivity contribution is 0.669. The van der Waals surface area contributed by atoms with Crippen LogP contribution in [0.25, 0.3) is 87.6 Å². The molecule has 0 bridgehead atoms. The van der Waals surface area contributed by atoms with E-state index in [1.807, 2.05) is 0 Å². The first kappa shape index (κ1) is 9.69. The van der Waals surface area contributed by atoms with E-state index in [2.05, 4.69) is 0 Å². The number of fused-ring (bicyclic) bond motifs is 6. The molecule has 0 saturated heterocycles. The molecule has 0 aliphatic heterocycles. The molecule has 0 spiro atoms. The SMILES string of the molecule is [2H]c1c([2H])c(-c2c3c([2H])c([2H])c([2H])c([2H])c3c(-c3c([2H])c([2H])c([2H])c4oc5c([2H])c([2H])c([2H])c([2H])c5c34)c3c([2H])c([2H])c([2H])c([2H])c23)c([2H])c([2H])c1-c1c([2H])c([2H])c([2H])c2c([2H])c([2H])c([2H])c([2H])c12. The van der Waals surface area contributed by atoms with Gasteiger partial charge in [-0.05, 0) is 77.8 Å². The predicted octanol–water partition coefficient (Wildman–Crippen LogP) is 12.0. The fraction of sp³-hybridized carbons (Fsp3) is 0. The van der Waals surface area contributed by atoms with Crippen molar-refractivity contribution >= 4 is 54.3 Å². The normalized spacial score (nSPS) is 20.2. The Morgan fingerprint density at radius 3 is 1.56 bits per heavy atom. The molecule has 0 amide bonds. The van der Waals surface area contributed by atoms with Gasteiger partial charge in [-0.1, -0.05) is 145 Å². The maximum absolute atomic E-state index is 9.53. The Hall–Kier alpha value is -5.66. The molecule has 0 aliphatic carbocycles. The van der Waals surface area contributed by atoms with E-state index < -0.39 is 245 Å². The first-order valence-corrected chi connectivity index (χ1v) is 12.7. The molecule has 1 heteroatoms. The van der Waals surface area contributed by atoms with E-state index in [1.165, 1.54) is 0 Å². The number of furan rings is 1. The third kappa shape index (κ3) is 3.65. The molecule has 8 aromatic carbocycles. The molecule has 0 unspecified atom stereocenters. The highest BCUT2D eigenvalue weighted by molar-refractivity contribution is 6.25. The van der Waals surface area contributed by atoms with Crippen LogP contribution < -0.4 is 0 Å². The minimum atomic E-state index is -1.08. The van der Waals surface area contributed by atoms with Gasteiger partial charge in [-0.2, -0.15) is 0 Å². The lowest BCUT2D eigenvalue weighted by atomic mass is 9.84. The van der Waals surface area contributed by atoms with Crippen LogP contribution in [0.4, 0.5) is 0 Å². The average Bonchev–Trinajstić information content (AvgIpc) is 3.72. The Labute approximate surface area is 285 Å². The van der Waals surface area contributed by atoms with Gasteiger partial charge in [-0.3, -0.25) is 0 Å². The molecular weight excluding hydrogens is 520 g/mol. The van der Waals surface area contributed by atoms with Gasteiger partial charge in [0.1, 0.15) is 11.2 Å². The van der Waals surface area contributed by atoms with Crippen LogP contribution in [0.1, 0.15) is 35.6 Å². The van der Waals surface area contributed by atoms with Crippen molar-refractivity contribution in [1.29, 1.82) is 0 Å². The number of rotatable bonds is 3. The van der Waals surface area contributed by atoms with Crippen molar-refractivity contribution in [3.63, 3.8) is 0 Å². The highest BCUT2D eigenvalue weighted by Crippen LogP contribution is 2.47. The minimum Gasteiger partial charge on any atom is -0.456 e. The van der Waals surface area contributed by atoms with E-state index >= 15 is 0 Å². The lowest BCUT2D eigenvalue weighted by Gasteiger charge is -2.18. The molecule has 0 N–H and O–H groups in total. The van der Waals surface area contributed by atoms with Crippen molar-refractivity contribution < 1.29 is 40.1 Å². The van der Waals surface area contributed by atoms with Crippen LogP contribution >= 0.6 is 0 Å². The third-order valence-electron chi connectivity index (χ3n) is 7.01. The molecule has 1 aromatic heterocycles. The van der Waals surface area contributed by atoms with Crippen LogP contribution in [-0.2, 0) is 0 Å². The van der Waals surface area contributed by atoms with Gasteiger partial charge < -0.3 is 4.42 Å². The summed E-state index contributed by atoms with van der Waals surface area (Å²) >= 11 is 0. The van der Waals surface area contributed by atoms with Gasteiger partial charge >= 0.3 is 0 Å². The topological polar surface area (TPSA) is 13.1 Å². The van der Waals surface area contributed by atoms with Crippen molar-refractivity contribution in [3.8, 4) is 33.4 Å². The summed E-state index contributed by atoms with van der Waals surface area (Å²) in [7, 11) is 0. The van der Waals surface area contributed by atoms with Crippen molar-refractivity contribution in [2.45, 2.75) is 0 Å². The Bertz CT molecular complexity index is 3850. The minimum absolute atomic E-state index is 0.462. The van der Waals surface area contributed by atoms with E-state index in [0.717, 1.165) is 0 Å². The first-order chi connectivity index (χ1) is 32.2. The summed E-state index contributed by atoms with van der Waals surface area (Å²) in [6.07, 6.45) is 0. The third-order valence-corrected chi connectivity index (χ3v) is 7.01. The molecule has 43 heavy (non-hydrogen) atoms. The zero-order valence-corrected chi connectivity index (χ0v) is 21.4. The van der Waals surface area contributed by atoms with E-state index in [1.54, 1.807) is 0 Å². The molecule has 9 rings (SSSR count). The van der Waals surface area contributed by atoms with E-state index in [9.17, 15) is 12.3 Å². The van der Waals surface area contributed by atoms with Crippen LogP contribution in [0.2, 0.25) is 0 Å². The van der Waals surface area contributed by atoms with Crippen LogP contribution in [-0.4, -0.2) is 0 Å². The lowest BCUT2D eigenvalue weighted by Crippen LogP contribution is -1.91. The molecule has 200 valence electrons. The van der Waals surface area contributed by atoms with Gasteiger partial charge in [-0.15, -0.1) is 0 Å². The van der Waals surface area contributed by atoms with Crippen molar-refractivity contribution in [2.75, 3.05) is 0 Å². The van der Waals surface area contributed by atoms with Crippen LogP contribution in [0.3, 0.4) is 0 Å². The van der Waals surface area contributed by atoms with E-state index in [0.29, 0.717) is 0 Å². The summed E-state index contributed by atoms with van der Waals surface area (Å²) in [5.74, 6) is 0. The fourth-order valence-electron chi connectivity index (χ4n) is 5.23. The van der Waals surface area contributed by atoms with Crippen LogP contribution in [0, 0.1) is 0 Å². The van der Waals surface area contributed by atoms with E-state index in [-0.39, 0.29) is 0 Å². The van der Waals surface area contributed by atoms with E-state index in [4.69, 9.17) is 27.7 Å². The maximum Gasteiger partial charge on any atom is 0.136 e. The Morgan fingerprint density at radius 1 is 0.349 bits per heavy atom. The largest absolute Gasteiger partial charge is 0.456 e. The Morgan fingerprint density at radius 2 is 0.837 bits per heavy atom. The highest BCUT2D eigenvalue weighted by atomic mass is 16.3. The summed E-state index contributed by atoms with van der Waals surface area (Å²) in [6, 6.07) is -23.7. The molecule has 0 saturated carbocycles. The van der Waals surface area contributed by atoms with Gasteiger partial charge in [-0.25, -0.2) is 0 Å². The molecule has 0 atom stereocenters. The number of hydrogen-bond donors (Lipinski definition) is 0. The van der Waals surface area contributed by atoms with Crippen molar-refractivity contribution in [2.24, 2.45) is 0 Å². The van der Waals surface area contributed by atoms with Crippen molar-refractivity contribution in [1.82, 2.24) is 0 Å². The monoisotopic (exact) mass is 572 g/mol. The van der Waals surface area contributed by atoms with Gasteiger partial charge in [0, 0.05) is 10.8 Å². The maximum atomic E-state index is 9.53. The first-order valence-electron chi connectivity index (χ1n) is 25.7. The second-order valence-electron chi connectivity index (χ2n) is 9.26. The average molecular weight is 573 g/mol. The quantitative estimate of drug-likeness (QED) is 0.192. The Kier molecular flexibility index (Phi) is 2.13. The molecule has 0 radical (unpaired) electrons. The molecular formula is C42H26O. The van der Waals surface area contributed by atoms with Crippen molar-refractivity contribution in [3.05, 3.63) is 157 Å². The standard InChI is InChI=1S/C42H26O/c1-2-13-30-27(11-1)12-9-19-31(30)28-23-25-29(26-24-28)40-32-14-3-5-16-34(32)41(35-17-6-4-15-33(35)40)37-20-10-22-39-42(37)36-18-7-8-21-38(36)43-39/h1-26H/i1D,2D,3D,4D,5D,6D,7D,8D,9D,10D,11D,12D,13D,14D,15D,16D,17D,18D,19D,20D,21D,22D,23D,24D,25D,26D. The zero-order chi connectivity index (χ0) is 51.0. The number of benzene rings is 8. The zero-order valence-electron chi connectivity index (χ0n) is 47.4. The fourth-order valence-corrected chi connectivity index (χ4v) is 5.23. The summed E-state index contributed by atoms with van der Waals surface area (Å²) < 4.78 is 238. The highest BCUT2D eigenvalue weighted by Gasteiger charge is 2.20. The van der Waals surface area contributed by atoms with Gasteiger partial charge in [0.05, 0.1) is 35.6 Å². The van der Waals surface area contributed by atoms with Gasteiger partial charge in [0.2, 0.25) is 0 Å². The smallest absolute Gasteiger partial charge is 0.136 e. The summed E-state index contributed by atoms with van der Waals surface area (Å²) in [6.45, 7) is 0. The summed E-state index contributed by atoms with van der Waals surface area (Å²) in [4.78, 5) is 0. The van der Waals surface area contributed by atoms with Gasteiger partial charge in [0.15, 0.2) is 0 Å². The molecule has 1 heterocycles.